The lowest BCUT2D eigenvalue weighted by molar-refractivity contribution is 0.521. The Hall–Kier alpha value is -1.09. The van der Waals surface area contributed by atoms with Gasteiger partial charge >= 0.3 is 0 Å². The number of aromatic nitrogens is 1. The molecule has 0 aliphatic carbocycles. The zero-order valence-corrected chi connectivity index (χ0v) is 11.7. The molecule has 1 saturated heterocycles. The standard InChI is InChI=1S/C15H25N3/c1-12-4-3-8-18(9-6-12)15-13(2)10-14(5-7-16)11-17-15/h10-12H,3-9,16H2,1-2H3. The maximum absolute atomic E-state index is 5.59. The van der Waals surface area contributed by atoms with E-state index in [1.54, 1.807) is 0 Å². The number of aryl methyl sites for hydroxylation is 1. The van der Waals surface area contributed by atoms with Gasteiger partial charge in [-0.05, 0) is 56.2 Å². The van der Waals surface area contributed by atoms with Crippen LogP contribution in [0.1, 0.15) is 37.3 Å². The molecule has 1 aromatic rings. The van der Waals surface area contributed by atoms with Gasteiger partial charge < -0.3 is 10.6 Å². The molecule has 1 unspecified atom stereocenters. The average Bonchev–Trinajstić information content (AvgIpc) is 2.55. The van der Waals surface area contributed by atoms with Gasteiger partial charge in [0.15, 0.2) is 0 Å². The molecule has 1 fully saturated rings. The summed E-state index contributed by atoms with van der Waals surface area (Å²) in [6, 6.07) is 2.24. The number of nitrogens with two attached hydrogens (primary N) is 1. The zero-order valence-electron chi connectivity index (χ0n) is 11.7. The van der Waals surface area contributed by atoms with Crippen LogP contribution >= 0.6 is 0 Å². The summed E-state index contributed by atoms with van der Waals surface area (Å²) in [5.74, 6) is 2.02. The molecule has 3 heteroatoms. The molecule has 1 atom stereocenters. The van der Waals surface area contributed by atoms with Crippen molar-refractivity contribution in [3.05, 3.63) is 23.4 Å². The van der Waals surface area contributed by atoms with Gasteiger partial charge in [-0.3, -0.25) is 0 Å². The summed E-state index contributed by atoms with van der Waals surface area (Å²) < 4.78 is 0. The minimum atomic E-state index is 0.696. The summed E-state index contributed by atoms with van der Waals surface area (Å²) in [6.07, 6.45) is 6.83. The Morgan fingerprint density at radius 1 is 1.39 bits per heavy atom. The quantitative estimate of drug-likeness (QED) is 0.892. The van der Waals surface area contributed by atoms with E-state index in [2.05, 4.69) is 29.8 Å². The van der Waals surface area contributed by atoms with Crippen LogP contribution in [0.3, 0.4) is 0 Å². The van der Waals surface area contributed by atoms with Gasteiger partial charge in [0.05, 0.1) is 0 Å². The van der Waals surface area contributed by atoms with Crippen LogP contribution in [0.25, 0.3) is 0 Å². The summed E-state index contributed by atoms with van der Waals surface area (Å²) in [4.78, 5) is 7.11. The van der Waals surface area contributed by atoms with Gasteiger partial charge in [-0.15, -0.1) is 0 Å². The van der Waals surface area contributed by atoms with Crippen LogP contribution in [-0.4, -0.2) is 24.6 Å². The van der Waals surface area contributed by atoms with E-state index >= 15 is 0 Å². The molecule has 0 spiro atoms. The highest BCUT2D eigenvalue weighted by atomic mass is 15.2. The van der Waals surface area contributed by atoms with Gasteiger partial charge in [-0.25, -0.2) is 4.98 Å². The summed E-state index contributed by atoms with van der Waals surface area (Å²) in [5.41, 5.74) is 8.13. The van der Waals surface area contributed by atoms with Gasteiger partial charge in [-0.2, -0.15) is 0 Å². The second-order valence-electron chi connectivity index (χ2n) is 5.55. The third-order valence-corrected chi connectivity index (χ3v) is 3.86. The number of hydrogen-bond donors (Lipinski definition) is 1. The molecule has 0 aromatic carbocycles. The normalized spacial score (nSPS) is 20.8. The minimum Gasteiger partial charge on any atom is -0.356 e. The Labute approximate surface area is 110 Å². The summed E-state index contributed by atoms with van der Waals surface area (Å²) in [7, 11) is 0. The fourth-order valence-electron chi connectivity index (χ4n) is 2.73. The van der Waals surface area contributed by atoms with Gasteiger partial charge in [-0.1, -0.05) is 13.0 Å². The van der Waals surface area contributed by atoms with Gasteiger partial charge in [0.25, 0.3) is 0 Å². The SMILES string of the molecule is Cc1cc(CCN)cnc1N1CCCC(C)CC1. The third kappa shape index (κ3) is 3.22. The number of rotatable bonds is 3. The van der Waals surface area contributed by atoms with Crippen molar-refractivity contribution in [1.82, 2.24) is 4.98 Å². The van der Waals surface area contributed by atoms with Gasteiger partial charge in [0.2, 0.25) is 0 Å². The van der Waals surface area contributed by atoms with Crippen molar-refractivity contribution in [1.29, 1.82) is 0 Å². The fraction of sp³-hybridized carbons (Fsp3) is 0.667. The second-order valence-corrected chi connectivity index (χ2v) is 5.55. The molecule has 1 aromatic heterocycles. The molecule has 2 heterocycles. The Kier molecular flexibility index (Phi) is 4.59. The number of nitrogens with zero attached hydrogens (tertiary/aromatic N) is 2. The molecule has 3 nitrogen and oxygen atoms in total. The second kappa shape index (κ2) is 6.19. The number of anilines is 1. The Bertz CT molecular complexity index is 389. The van der Waals surface area contributed by atoms with Crippen molar-refractivity contribution >= 4 is 5.82 Å². The van der Waals surface area contributed by atoms with Crippen LogP contribution < -0.4 is 10.6 Å². The molecule has 0 radical (unpaired) electrons. The molecule has 2 rings (SSSR count). The highest BCUT2D eigenvalue weighted by molar-refractivity contribution is 5.47. The fourth-order valence-corrected chi connectivity index (χ4v) is 2.73. The van der Waals surface area contributed by atoms with E-state index in [1.165, 1.54) is 36.2 Å². The Balaban J connectivity index is 2.12. The predicted octanol–water partition coefficient (Wildman–Crippen LogP) is 2.52. The highest BCUT2D eigenvalue weighted by Gasteiger charge is 2.16. The topological polar surface area (TPSA) is 42.1 Å². The van der Waals surface area contributed by atoms with Crippen molar-refractivity contribution in [3.63, 3.8) is 0 Å². The molecule has 1 aliphatic rings. The molecule has 18 heavy (non-hydrogen) atoms. The monoisotopic (exact) mass is 247 g/mol. The zero-order chi connectivity index (χ0) is 13.0. The first-order valence-electron chi connectivity index (χ1n) is 7.11. The first kappa shape index (κ1) is 13.3. The third-order valence-electron chi connectivity index (χ3n) is 3.86. The average molecular weight is 247 g/mol. The molecule has 0 bridgehead atoms. The minimum absolute atomic E-state index is 0.696. The predicted molar refractivity (Wildman–Crippen MR) is 77.0 cm³/mol. The van der Waals surface area contributed by atoms with Crippen LogP contribution in [0.5, 0.6) is 0 Å². The van der Waals surface area contributed by atoms with Crippen LogP contribution in [0.2, 0.25) is 0 Å². The molecule has 1 aliphatic heterocycles. The van der Waals surface area contributed by atoms with Crippen molar-refractivity contribution in [2.75, 3.05) is 24.5 Å². The maximum Gasteiger partial charge on any atom is 0.131 e. The molecule has 2 N–H and O–H groups in total. The van der Waals surface area contributed by atoms with E-state index in [-0.39, 0.29) is 0 Å². The number of hydrogen-bond acceptors (Lipinski definition) is 3. The van der Waals surface area contributed by atoms with Gasteiger partial charge in [0, 0.05) is 19.3 Å². The number of pyridine rings is 1. The van der Waals surface area contributed by atoms with E-state index in [0.29, 0.717) is 6.54 Å². The van der Waals surface area contributed by atoms with E-state index in [0.717, 1.165) is 25.4 Å². The van der Waals surface area contributed by atoms with Crippen LogP contribution in [-0.2, 0) is 6.42 Å². The van der Waals surface area contributed by atoms with E-state index in [4.69, 9.17) is 5.73 Å². The van der Waals surface area contributed by atoms with E-state index in [9.17, 15) is 0 Å². The van der Waals surface area contributed by atoms with E-state index < -0.39 is 0 Å². The van der Waals surface area contributed by atoms with Gasteiger partial charge in [0.1, 0.15) is 5.82 Å². The van der Waals surface area contributed by atoms with E-state index in [1.807, 2.05) is 6.20 Å². The van der Waals surface area contributed by atoms with Crippen molar-refractivity contribution in [2.24, 2.45) is 11.7 Å². The lowest BCUT2D eigenvalue weighted by Gasteiger charge is -2.23. The summed E-state index contributed by atoms with van der Waals surface area (Å²) in [6.45, 7) is 7.51. The smallest absolute Gasteiger partial charge is 0.131 e. The van der Waals surface area contributed by atoms with Crippen LogP contribution in [0.15, 0.2) is 12.3 Å². The molecule has 100 valence electrons. The highest BCUT2D eigenvalue weighted by Crippen LogP contribution is 2.23. The van der Waals surface area contributed by atoms with Crippen molar-refractivity contribution in [2.45, 2.75) is 39.5 Å². The largest absolute Gasteiger partial charge is 0.356 e. The Morgan fingerprint density at radius 3 is 2.94 bits per heavy atom. The van der Waals surface area contributed by atoms with Crippen LogP contribution in [0, 0.1) is 12.8 Å². The first-order chi connectivity index (χ1) is 8.70. The summed E-state index contributed by atoms with van der Waals surface area (Å²) in [5, 5.41) is 0. The van der Waals surface area contributed by atoms with Crippen molar-refractivity contribution in [3.8, 4) is 0 Å². The Morgan fingerprint density at radius 2 is 2.22 bits per heavy atom. The molecule has 0 amide bonds. The summed E-state index contributed by atoms with van der Waals surface area (Å²) >= 11 is 0. The van der Waals surface area contributed by atoms with Crippen LogP contribution in [0.4, 0.5) is 5.82 Å². The molecular formula is C15H25N3. The first-order valence-corrected chi connectivity index (χ1v) is 7.11. The van der Waals surface area contributed by atoms with Crippen molar-refractivity contribution < 1.29 is 0 Å². The lowest BCUT2D eigenvalue weighted by atomic mass is 10.0. The lowest BCUT2D eigenvalue weighted by Crippen LogP contribution is -2.26. The molecule has 0 saturated carbocycles. The molecular weight excluding hydrogens is 222 g/mol. The maximum atomic E-state index is 5.59.